The maximum Gasteiger partial charge on any atom is 0.243 e. The Bertz CT molecular complexity index is 1110. The predicted molar refractivity (Wildman–Crippen MR) is 107 cm³/mol. The van der Waals surface area contributed by atoms with Crippen molar-refractivity contribution in [3.05, 3.63) is 73.1 Å². The average molecular weight is 356 g/mol. The van der Waals surface area contributed by atoms with Crippen LogP contribution in [0.1, 0.15) is 0 Å². The Labute approximate surface area is 157 Å². The van der Waals surface area contributed by atoms with Gasteiger partial charge in [-0.1, -0.05) is 36.4 Å². The zero-order valence-corrected chi connectivity index (χ0v) is 15.3. The first-order chi connectivity index (χ1) is 13.1. The van der Waals surface area contributed by atoms with Crippen LogP contribution in [-0.2, 0) is 11.3 Å². The van der Waals surface area contributed by atoms with Gasteiger partial charge in [-0.25, -0.2) is 0 Å². The Morgan fingerprint density at radius 2 is 1.78 bits per heavy atom. The fourth-order valence-electron chi connectivity index (χ4n) is 2.97. The molecule has 2 heterocycles. The third-order valence-corrected chi connectivity index (χ3v) is 4.52. The van der Waals surface area contributed by atoms with E-state index in [0.29, 0.717) is 0 Å². The van der Waals surface area contributed by atoms with Gasteiger partial charge in [0.25, 0.3) is 0 Å². The van der Waals surface area contributed by atoms with Gasteiger partial charge in [-0.3, -0.25) is 14.5 Å². The zero-order chi connectivity index (χ0) is 18.8. The van der Waals surface area contributed by atoms with E-state index in [4.69, 9.17) is 0 Å². The molecule has 0 saturated heterocycles. The lowest BCUT2D eigenvalue weighted by Crippen LogP contribution is -2.26. The topological polar surface area (TPSA) is 51.0 Å². The number of para-hydroxylation sites is 1. The summed E-state index contributed by atoms with van der Waals surface area (Å²) in [6, 6.07) is 20.4. The van der Waals surface area contributed by atoms with E-state index in [2.05, 4.69) is 34.3 Å². The molecular formula is C22H20N4O. The number of nitrogens with zero attached hydrogens (tertiary/aromatic N) is 4. The smallest absolute Gasteiger partial charge is 0.243 e. The lowest BCUT2D eigenvalue weighted by Gasteiger charge is -2.09. The van der Waals surface area contributed by atoms with E-state index in [9.17, 15) is 4.79 Å². The molecule has 0 atom stereocenters. The molecule has 2 aromatic carbocycles. The number of amides is 1. The molecule has 0 unspecified atom stereocenters. The molecule has 0 N–H and O–H groups in total. The molecule has 0 fully saturated rings. The molecule has 0 saturated carbocycles. The van der Waals surface area contributed by atoms with Crippen LogP contribution in [0.5, 0.6) is 0 Å². The van der Waals surface area contributed by atoms with Crippen molar-refractivity contribution < 1.29 is 4.79 Å². The molecule has 4 rings (SSSR count). The summed E-state index contributed by atoms with van der Waals surface area (Å²) < 4.78 is 1.67. The molecule has 0 aliphatic carbocycles. The van der Waals surface area contributed by atoms with Crippen LogP contribution in [0.4, 0.5) is 0 Å². The van der Waals surface area contributed by atoms with Crippen LogP contribution in [0.3, 0.4) is 0 Å². The predicted octanol–water partition coefficient (Wildman–Crippen LogP) is 3.85. The van der Waals surface area contributed by atoms with Gasteiger partial charge < -0.3 is 4.90 Å². The Hall–Kier alpha value is -3.47. The van der Waals surface area contributed by atoms with E-state index >= 15 is 0 Å². The van der Waals surface area contributed by atoms with Crippen molar-refractivity contribution >= 4 is 16.8 Å². The van der Waals surface area contributed by atoms with E-state index < -0.39 is 0 Å². The Morgan fingerprint density at radius 1 is 0.963 bits per heavy atom. The average Bonchev–Trinajstić information content (AvgIpc) is 3.16. The van der Waals surface area contributed by atoms with Gasteiger partial charge in [0.15, 0.2) is 0 Å². The molecule has 0 spiro atoms. The minimum atomic E-state index is 0.0145. The van der Waals surface area contributed by atoms with Crippen molar-refractivity contribution in [1.82, 2.24) is 19.7 Å². The maximum absolute atomic E-state index is 11.9. The van der Waals surface area contributed by atoms with Crippen molar-refractivity contribution in [3.63, 3.8) is 0 Å². The minimum absolute atomic E-state index is 0.0145. The highest BCUT2D eigenvalue weighted by atomic mass is 16.2. The number of carbonyl (C=O) groups is 1. The molecule has 5 nitrogen and oxygen atoms in total. The number of pyridine rings is 1. The van der Waals surface area contributed by atoms with Crippen LogP contribution < -0.4 is 0 Å². The summed E-state index contributed by atoms with van der Waals surface area (Å²) >= 11 is 0. The zero-order valence-electron chi connectivity index (χ0n) is 15.3. The molecule has 4 aromatic rings. The first-order valence-electron chi connectivity index (χ1n) is 8.79. The Morgan fingerprint density at radius 3 is 2.63 bits per heavy atom. The molecule has 27 heavy (non-hydrogen) atoms. The summed E-state index contributed by atoms with van der Waals surface area (Å²) in [6.45, 7) is 0.237. The van der Waals surface area contributed by atoms with Crippen LogP contribution in [0.2, 0.25) is 0 Å². The van der Waals surface area contributed by atoms with Gasteiger partial charge in [-0.2, -0.15) is 5.10 Å². The number of likely N-dealkylation sites (N-methyl/N-ethyl adjacent to an activating group) is 1. The van der Waals surface area contributed by atoms with E-state index in [1.807, 2.05) is 48.8 Å². The van der Waals surface area contributed by atoms with Gasteiger partial charge in [0.2, 0.25) is 5.91 Å². The number of aromatic nitrogens is 3. The van der Waals surface area contributed by atoms with Gasteiger partial charge in [0, 0.05) is 43.0 Å². The third kappa shape index (κ3) is 3.58. The van der Waals surface area contributed by atoms with E-state index in [1.54, 1.807) is 23.7 Å². The Balaban J connectivity index is 1.64. The summed E-state index contributed by atoms with van der Waals surface area (Å²) in [5.41, 5.74) is 5.00. The summed E-state index contributed by atoms with van der Waals surface area (Å²) in [7, 11) is 3.49. The number of hydrogen-bond acceptors (Lipinski definition) is 3. The van der Waals surface area contributed by atoms with Gasteiger partial charge in [0.05, 0.1) is 11.2 Å². The number of fused-ring (bicyclic) bond motifs is 1. The molecule has 0 bridgehead atoms. The van der Waals surface area contributed by atoms with E-state index in [1.165, 1.54) is 0 Å². The first kappa shape index (κ1) is 17.0. The van der Waals surface area contributed by atoms with Crippen LogP contribution in [0.25, 0.3) is 33.3 Å². The lowest BCUT2D eigenvalue weighted by atomic mass is 10.0. The highest BCUT2D eigenvalue weighted by molar-refractivity contribution is 5.84. The van der Waals surface area contributed by atoms with Crippen molar-refractivity contribution in [1.29, 1.82) is 0 Å². The fraction of sp³-hybridized carbons (Fsp3) is 0.136. The van der Waals surface area contributed by atoms with Crippen molar-refractivity contribution in [2.24, 2.45) is 0 Å². The molecule has 0 aliphatic heterocycles. The minimum Gasteiger partial charge on any atom is -0.347 e. The SMILES string of the molecule is CN(C)C(=O)Cn1ccc(-c2cccc(-c3cnc4ccccc4c3)c2)n1. The number of hydrogen-bond donors (Lipinski definition) is 0. The highest BCUT2D eigenvalue weighted by Gasteiger charge is 2.09. The van der Waals surface area contributed by atoms with Gasteiger partial charge in [0.1, 0.15) is 6.54 Å². The van der Waals surface area contributed by atoms with Crippen LogP contribution in [0, 0.1) is 0 Å². The van der Waals surface area contributed by atoms with E-state index in [0.717, 1.165) is 33.3 Å². The number of carbonyl (C=O) groups excluding carboxylic acids is 1. The first-order valence-corrected chi connectivity index (χ1v) is 8.79. The van der Waals surface area contributed by atoms with E-state index in [-0.39, 0.29) is 12.5 Å². The van der Waals surface area contributed by atoms with Crippen LogP contribution >= 0.6 is 0 Å². The Kier molecular flexibility index (Phi) is 4.42. The van der Waals surface area contributed by atoms with Crippen molar-refractivity contribution in [3.8, 4) is 22.4 Å². The molecule has 0 aliphatic rings. The quantitative estimate of drug-likeness (QED) is 0.558. The van der Waals surface area contributed by atoms with Gasteiger partial charge >= 0.3 is 0 Å². The summed E-state index contributed by atoms with van der Waals surface area (Å²) in [5, 5.41) is 5.66. The van der Waals surface area contributed by atoms with Gasteiger partial charge in [-0.15, -0.1) is 0 Å². The second kappa shape index (κ2) is 7.03. The summed E-state index contributed by atoms with van der Waals surface area (Å²) in [5.74, 6) is 0.0145. The molecule has 5 heteroatoms. The van der Waals surface area contributed by atoms with Gasteiger partial charge in [-0.05, 0) is 29.8 Å². The normalized spacial score (nSPS) is 10.9. The summed E-state index contributed by atoms with van der Waals surface area (Å²) in [6.07, 6.45) is 3.73. The second-order valence-corrected chi connectivity index (χ2v) is 6.68. The molecule has 2 aromatic heterocycles. The number of rotatable bonds is 4. The largest absolute Gasteiger partial charge is 0.347 e. The third-order valence-electron chi connectivity index (χ3n) is 4.52. The lowest BCUT2D eigenvalue weighted by molar-refractivity contribution is -0.129. The monoisotopic (exact) mass is 356 g/mol. The molecular weight excluding hydrogens is 336 g/mol. The second-order valence-electron chi connectivity index (χ2n) is 6.68. The van der Waals surface area contributed by atoms with Crippen molar-refractivity contribution in [2.45, 2.75) is 6.54 Å². The standard InChI is InChI=1S/C22H20N4O/c1-25(2)22(27)15-26-11-10-21(24-26)18-8-5-7-16(12-18)19-13-17-6-3-4-9-20(17)23-14-19/h3-14H,15H2,1-2H3. The fourth-order valence-corrected chi connectivity index (χ4v) is 2.97. The summed E-state index contributed by atoms with van der Waals surface area (Å²) in [4.78, 5) is 18.0. The van der Waals surface area contributed by atoms with Crippen LogP contribution in [0.15, 0.2) is 73.1 Å². The molecule has 134 valence electrons. The maximum atomic E-state index is 11.9. The van der Waals surface area contributed by atoms with Crippen molar-refractivity contribution in [2.75, 3.05) is 14.1 Å². The molecule has 0 radical (unpaired) electrons. The van der Waals surface area contributed by atoms with Crippen LogP contribution in [-0.4, -0.2) is 39.7 Å². The number of benzene rings is 2. The molecule has 1 amide bonds. The highest BCUT2D eigenvalue weighted by Crippen LogP contribution is 2.27.